The van der Waals surface area contributed by atoms with E-state index in [0.717, 1.165) is 31.6 Å². The number of benzene rings is 1. The standard InChI is InChI=1S/C19H18N6/c20-12-16-19(22-9-8-21-16)24-11-7-18-17(13-24)23-14-25(18)10-6-15-4-2-1-3-5-15/h1-5,8-9,14H,6-7,10-11,13H2. The fourth-order valence-corrected chi connectivity index (χ4v) is 3.28. The zero-order chi connectivity index (χ0) is 17.1. The number of hydrogen-bond donors (Lipinski definition) is 0. The van der Waals surface area contributed by atoms with Crippen LogP contribution in [0.2, 0.25) is 0 Å². The first-order chi connectivity index (χ1) is 12.3. The smallest absolute Gasteiger partial charge is 0.183 e. The lowest BCUT2D eigenvalue weighted by atomic mass is 10.1. The fourth-order valence-electron chi connectivity index (χ4n) is 3.28. The summed E-state index contributed by atoms with van der Waals surface area (Å²) in [7, 11) is 0. The number of nitrogens with zero attached hydrogens (tertiary/aromatic N) is 6. The highest BCUT2D eigenvalue weighted by molar-refractivity contribution is 5.50. The van der Waals surface area contributed by atoms with Gasteiger partial charge in [-0.15, -0.1) is 0 Å². The van der Waals surface area contributed by atoms with Gasteiger partial charge in [0.05, 0.1) is 18.6 Å². The predicted molar refractivity (Wildman–Crippen MR) is 93.9 cm³/mol. The Morgan fingerprint density at radius 3 is 2.76 bits per heavy atom. The molecular weight excluding hydrogens is 312 g/mol. The van der Waals surface area contributed by atoms with Crippen molar-refractivity contribution < 1.29 is 0 Å². The van der Waals surface area contributed by atoms with E-state index in [1.54, 1.807) is 12.4 Å². The Kier molecular flexibility index (Phi) is 4.13. The highest BCUT2D eigenvalue weighted by Crippen LogP contribution is 2.24. The molecule has 0 unspecified atom stereocenters. The lowest BCUT2D eigenvalue weighted by Crippen LogP contribution is -2.32. The van der Waals surface area contributed by atoms with E-state index in [-0.39, 0.29) is 0 Å². The molecule has 0 saturated heterocycles. The molecule has 0 atom stereocenters. The van der Waals surface area contributed by atoms with E-state index in [9.17, 15) is 5.26 Å². The van der Waals surface area contributed by atoms with Gasteiger partial charge in [-0.3, -0.25) is 0 Å². The van der Waals surface area contributed by atoms with Gasteiger partial charge in [-0.1, -0.05) is 30.3 Å². The van der Waals surface area contributed by atoms with Crippen molar-refractivity contribution in [2.24, 2.45) is 0 Å². The van der Waals surface area contributed by atoms with Crippen LogP contribution >= 0.6 is 0 Å². The van der Waals surface area contributed by atoms with Crippen LogP contribution in [0, 0.1) is 11.3 Å². The van der Waals surface area contributed by atoms with Crippen LogP contribution in [0.3, 0.4) is 0 Å². The number of nitriles is 1. The zero-order valence-electron chi connectivity index (χ0n) is 13.8. The second kappa shape index (κ2) is 6.73. The van der Waals surface area contributed by atoms with Crippen molar-refractivity contribution >= 4 is 5.82 Å². The van der Waals surface area contributed by atoms with Gasteiger partial charge in [-0.25, -0.2) is 15.0 Å². The predicted octanol–water partition coefficient (Wildman–Crippen LogP) is 2.35. The third-order valence-electron chi connectivity index (χ3n) is 4.56. The third kappa shape index (κ3) is 3.09. The Bertz CT molecular complexity index is 909. The lowest BCUT2D eigenvalue weighted by Gasteiger charge is -2.28. The lowest BCUT2D eigenvalue weighted by molar-refractivity contribution is 0.621. The third-order valence-corrected chi connectivity index (χ3v) is 4.56. The largest absolute Gasteiger partial charge is 0.348 e. The highest BCUT2D eigenvalue weighted by Gasteiger charge is 2.23. The minimum atomic E-state index is 0.370. The van der Waals surface area contributed by atoms with Crippen LogP contribution in [0.1, 0.15) is 22.6 Å². The van der Waals surface area contributed by atoms with Crippen molar-refractivity contribution in [3.63, 3.8) is 0 Å². The molecule has 1 aliphatic rings. The monoisotopic (exact) mass is 330 g/mol. The van der Waals surface area contributed by atoms with Gasteiger partial charge in [-0.05, 0) is 12.0 Å². The number of hydrogen-bond acceptors (Lipinski definition) is 5. The van der Waals surface area contributed by atoms with Gasteiger partial charge < -0.3 is 9.47 Å². The maximum absolute atomic E-state index is 9.23. The average molecular weight is 330 g/mol. The molecule has 0 aliphatic carbocycles. The van der Waals surface area contributed by atoms with Crippen LogP contribution in [-0.4, -0.2) is 26.1 Å². The molecule has 6 heteroatoms. The number of rotatable bonds is 4. The van der Waals surface area contributed by atoms with Gasteiger partial charge in [0.1, 0.15) is 6.07 Å². The molecule has 3 heterocycles. The Morgan fingerprint density at radius 1 is 1.08 bits per heavy atom. The molecule has 6 nitrogen and oxygen atoms in total. The summed E-state index contributed by atoms with van der Waals surface area (Å²) in [6.07, 6.45) is 7.00. The van der Waals surface area contributed by atoms with Crippen LogP contribution in [0.5, 0.6) is 0 Å². The molecule has 0 amide bonds. The summed E-state index contributed by atoms with van der Waals surface area (Å²) >= 11 is 0. The van der Waals surface area contributed by atoms with Crippen molar-refractivity contribution in [2.75, 3.05) is 11.4 Å². The van der Waals surface area contributed by atoms with Gasteiger partial charge >= 0.3 is 0 Å². The minimum absolute atomic E-state index is 0.370. The van der Waals surface area contributed by atoms with E-state index in [1.807, 2.05) is 12.4 Å². The summed E-state index contributed by atoms with van der Waals surface area (Å²) in [6.45, 7) is 2.42. The molecule has 0 spiro atoms. The molecule has 2 aromatic heterocycles. The quantitative estimate of drug-likeness (QED) is 0.734. The van der Waals surface area contributed by atoms with E-state index in [4.69, 9.17) is 0 Å². The summed E-state index contributed by atoms with van der Waals surface area (Å²) in [5, 5.41) is 9.23. The Labute approximate surface area is 146 Å². The summed E-state index contributed by atoms with van der Waals surface area (Å²) < 4.78 is 2.25. The zero-order valence-corrected chi connectivity index (χ0v) is 13.8. The Morgan fingerprint density at radius 2 is 1.92 bits per heavy atom. The molecule has 0 radical (unpaired) electrons. The molecule has 124 valence electrons. The van der Waals surface area contributed by atoms with Crippen LogP contribution in [-0.2, 0) is 25.9 Å². The van der Waals surface area contributed by atoms with Gasteiger partial charge in [-0.2, -0.15) is 5.26 Å². The number of fused-ring (bicyclic) bond motifs is 1. The Balaban J connectivity index is 1.50. The molecule has 1 aromatic carbocycles. The number of anilines is 1. The normalized spacial score (nSPS) is 13.3. The van der Waals surface area contributed by atoms with Crippen LogP contribution in [0.4, 0.5) is 5.82 Å². The molecule has 3 aromatic rings. The maximum Gasteiger partial charge on any atom is 0.183 e. The van der Waals surface area contributed by atoms with Crippen LogP contribution < -0.4 is 4.90 Å². The van der Waals surface area contributed by atoms with Crippen molar-refractivity contribution in [2.45, 2.75) is 25.9 Å². The van der Waals surface area contributed by atoms with E-state index in [2.05, 4.69) is 54.8 Å². The molecule has 0 bridgehead atoms. The van der Waals surface area contributed by atoms with Gasteiger partial charge in [0, 0.05) is 37.6 Å². The van der Waals surface area contributed by atoms with Crippen LogP contribution in [0.25, 0.3) is 0 Å². The van der Waals surface area contributed by atoms with Crippen molar-refractivity contribution in [3.8, 4) is 6.07 Å². The summed E-state index contributed by atoms with van der Waals surface area (Å²) in [5.74, 6) is 0.648. The second-order valence-electron chi connectivity index (χ2n) is 6.08. The van der Waals surface area contributed by atoms with Crippen molar-refractivity contribution in [1.29, 1.82) is 5.26 Å². The number of aryl methyl sites for hydroxylation is 2. The molecule has 1 aliphatic heterocycles. The van der Waals surface area contributed by atoms with Crippen molar-refractivity contribution in [3.05, 3.63) is 71.7 Å². The van der Waals surface area contributed by atoms with Crippen LogP contribution in [0.15, 0.2) is 49.1 Å². The Hall–Kier alpha value is -3.20. The molecule has 0 saturated carbocycles. The van der Waals surface area contributed by atoms with E-state index in [0.29, 0.717) is 18.1 Å². The molecule has 25 heavy (non-hydrogen) atoms. The maximum atomic E-state index is 9.23. The van der Waals surface area contributed by atoms with Gasteiger partial charge in [0.25, 0.3) is 0 Å². The summed E-state index contributed by atoms with van der Waals surface area (Å²) in [6, 6.07) is 12.6. The number of imidazole rings is 1. The molecule has 4 rings (SSSR count). The first kappa shape index (κ1) is 15.3. The second-order valence-corrected chi connectivity index (χ2v) is 6.08. The van der Waals surface area contributed by atoms with E-state index < -0.39 is 0 Å². The van der Waals surface area contributed by atoms with E-state index in [1.165, 1.54) is 11.3 Å². The van der Waals surface area contributed by atoms with E-state index >= 15 is 0 Å². The van der Waals surface area contributed by atoms with Gasteiger partial charge in [0.15, 0.2) is 11.5 Å². The minimum Gasteiger partial charge on any atom is -0.348 e. The fraction of sp³-hybridized carbons (Fsp3) is 0.263. The highest BCUT2D eigenvalue weighted by atomic mass is 15.2. The molecule has 0 N–H and O–H groups in total. The first-order valence-electron chi connectivity index (χ1n) is 8.38. The summed E-state index contributed by atoms with van der Waals surface area (Å²) in [5.41, 5.74) is 4.05. The topological polar surface area (TPSA) is 70.6 Å². The number of aromatic nitrogens is 4. The average Bonchev–Trinajstić information content (AvgIpc) is 3.09. The van der Waals surface area contributed by atoms with Crippen molar-refractivity contribution in [1.82, 2.24) is 19.5 Å². The molecular formula is C19H18N6. The first-order valence-corrected chi connectivity index (χ1v) is 8.38. The van der Waals surface area contributed by atoms with Gasteiger partial charge in [0.2, 0.25) is 0 Å². The molecule has 0 fully saturated rings. The SMILES string of the molecule is N#Cc1nccnc1N1CCc2c(ncn2CCc2ccccc2)C1. The summed E-state index contributed by atoms with van der Waals surface area (Å²) in [4.78, 5) is 15.1.